The van der Waals surface area contributed by atoms with Crippen LogP contribution in [-0.2, 0) is 29.0 Å². The van der Waals surface area contributed by atoms with Crippen LogP contribution in [-0.4, -0.2) is 87.3 Å². The molecule has 4 rings (SSSR count). The van der Waals surface area contributed by atoms with Crippen molar-refractivity contribution in [1.29, 1.82) is 0 Å². The molecule has 156 valence electrons. The molecule has 0 aliphatic carbocycles. The lowest BCUT2D eigenvalue weighted by Crippen LogP contribution is -2.54. The van der Waals surface area contributed by atoms with E-state index in [-0.39, 0.29) is 17.9 Å². The molecule has 0 unspecified atom stereocenters. The Labute approximate surface area is 169 Å². The van der Waals surface area contributed by atoms with Gasteiger partial charge in [-0.3, -0.25) is 19.6 Å². The highest BCUT2D eigenvalue weighted by atomic mass is 16.5. The molecule has 2 N–H and O–H groups in total. The maximum Gasteiger partial charge on any atom is 0.272 e. The molecule has 2 aliphatic heterocycles. The van der Waals surface area contributed by atoms with Gasteiger partial charge in [-0.1, -0.05) is 0 Å². The van der Waals surface area contributed by atoms with E-state index in [2.05, 4.69) is 20.5 Å². The number of morpholine rings is 1. The molecule has 2 aromatic heterocycles. The van der Waals surface area contributed by atoms with E-state index >= 15 is 0 Å². The SMILES string of the molecule is CN1CCOC[C@@H]1C(=O)N1CCc2c(C(=O)NCCCn3ccnc3)n[nH]c2C1. The Morgan fingerprint density at radius 3 is 3.07 bits per heavy atom. The molecule has 1 atom stereocenters. The second-order valence-electron chi connectivity index (χ2n) is 7.52. The monoisotopic (exact) mass is 401 g/mol. The maximum atomic E-state index is 12.9. The van der Waals surface area contributed by atoms with E-state index in [0.717, 1.165) is 30.8 Å². The summed E-state index contributed by atoms with van der Waals surface area (Å²) in [5.74, 6) is -0.105. The van der Waals surface area contributed by atoms with Gasteiger partial charge in [-0.15, -0.1) is 0 Å². The molecule has 10 nitrogen and oxygen atoms in total. The number of carbonyl (C=O) groups excluding carboxylic acids is 2. The fourth-order valence-electron chi connectivity index (χ4n) is 3.82. The summed E-state index contributed by atoms with van der Waals surface area (Å²) in [7, 11) is 1.95. The van der Waals surface area contributed by atoms with Gasteiger partial charge >= 0.3 is 0 Å². The Morgan fingerprint density at radius 2 is 2.28 bits per heavy atom. The van der Waals surface area contributed by atoms with Gasteiger partial charge in [-0.2, -0.15) is 5.10 Å². The van der Waals surface area contributed by atoms with Crippen LogP contribution >= 0.6 is 0 Å². The minimum absolute atomic E-state index is 0.0675. The highest BCUT2D eigenvalue weighted by Gasteiger charge is 2.34. The van der Waals surface area contributed by atoms with E-state index in [4.69, 9.17) is 4.74 Å². The average Bonchev–Trinajstić information content (AvgIpc) is 3.40. The number of carbonyl (C=O) groups is 2. The van der Waals surface area contributed by atoms with Crippen molar-refractivity contribution in [2.24, 2.45) is 0 Å². The summed E-state index contributed by atoms with van der Waals surface area (Å²) < 4.78 is 7.45. The molecule has 0 spiro atoms. The first-order valence-electron chi connectivity index (χ1n) is 10.0. The number of likely N-dealkylation sites (N-methyl/N-ethyl adjacent to an activating group) is 1. The fraction of sp³-hybridized carbons (Fsp3) is 0.579. The summed E-state index contributed by atoms with van der Waals surface area (Å²) in [6.07, 6.45) is 6.83. The van der Waals surface area contributed by atoms with Gasteiger partial charge in [0.25, 0.3) is 5.91 Å². The molecule has 0 saturated carbocycles. The second-order valence-corrected chi connectivity index (χ2v) is 7.52. The van der Waals surface area contributed by atoms with E-state index in [1.54, 1.807) is 12.5 Å². The average molecular weight is 401 g/mol. The molecule has 2 amide bonds. The van der Waals surface area contributed by atoms with E-state index in [0.29, 0.717) is 45.0 Å². The molecule has 2 aromatic rings. The number of ether oxygens (including phenoxy) is 1. The van der Waals surface area contributed by atoms with Gasteiger partial charge in [0.2, 0.25) is 5.91 Å². The van der Waals surface area contributed by atoms with Gasteiger partial charge in [0.05, 0.1) is 31.8 Å². The van der Waals surface area contributed by atoms with Crippen molar-refractivity contribution in [1.82, 2.24) is 34.9 Å². The van der Waals surface area contributed by atoms with Gasteiger partial charge in [-0.05, 0) is 19.9 Å². The standard InChI is InChI=1S/C19H27N7O3/c1-24-9-10-29-12-16(24)19(28)26-7-3-14-15(11-26)22-23-17(14)18(27)21-4-2-6-25-8-5-20-13-25/h5,8,13,16H,2-4,6-7,9-12H2,1H3,(H,21,27)(H,22,23)/t16-/m1/s1. The minimum Gasteiger partial charge on any atom is -0.378 e. The second kappa shape index (κ2) is 8.75. The van der Waals surface area contributed by atoms with E-state index in [9.17, 15) is 9.59 Å². The topological polar surface area (TPSA) is 108 Å². The molecule has 29 heavy (non-hydrogen) atoms. The summed E-state index contributed by atoms with van der Waals surface area (Å²) in [6.45, 7) is 4.23. The molecular formula is C19H27N7O3. The highest BCUT2D eigenvalue weighted by Crippen LogP contribution is 2.22. The van der Waals surface area contributed by atoms with Crippen molar-refractivity contribution in [2.75, 3.05) is 39.9 Å². The van der Waals surface area contributed by atoms with E-state index in [1.807, 2.05) is 27.6 Å². The quantitative estimate of drug-likeness (QED) is 0.640. The summed E-state index contributed by atoms with van der Waals surface area (Å²) in [5, 5.41) is 10.1. The molecule has 4 heterocycles. The number of rotatable bonds is 6. The number of hydrogen-bond donors (Lipinski definition) is 2. The number of hydrogen-bond acceptors (Lipinski definition) is 6. The number of amides is 2. The Bertz CT molecular complexity index is 848. The molecule has 1 saturated heterocycles. The molecule has 10 heteroatoms. The third-order valence-electron chi connectivity index (χ3n) is 5.58. The predicted molar refractivity (Wildman–Crippen MR) is 104 cm³/mol. The predicted octanol–water partition coefficient (Wildman–Crippen LogP) is -0.358. The molecule has 0 aromatic carbocycles. The van der Waals surface area contributed by atoms with E-state index in [1.165, 1.54) is 0 Å². The molecular weight excluding hydrogens is 374 g/mol. The Balaban J connectivity index is 1.31. The zero-order chi connectivity index (χ0) is 20.2. The Morgan fingerprint density at radius 1 is 1.38 bits per heavy atom. The third-order valence-corrected chi connectivity index (χ3v) is 5.58. The van der Waals surface area contributed by atoms with Crippen LogP contribution in [0.25, 0.3) is 0 Å². The lowest BCUT2D eigenvalue weighted by atomic mass is 10.0. The fourth-order valence-corrected chi connectivity index (χ4v) is 3.82. The zero-order valence-electron chi connectivity index (χ0n) is 16.6. The largest absolute Gasteiger partial charge is 0.378 e. The highest BCUT2D eigenvalue weighted by molar-refractivity contribution is 5.94. The first-order chi connectivity index (χ1) is 14.1. The van der Waals surface area contributed by atoms with Gasteiger partial charge in [-0.25, -0.2) is 4.98 Å². The van der Waals surface area contributed by atoms with Crippen molar-refractivity contribution >= 4 is 11.8 Å². The van der Waals surface area contributed by atoms with Gasteiger partial charge < -0.3 is 19.5 Å². The van der Waals surface area contributed by atoms with Crippen molar-refractivity contribution in [3.63, 3.8) is 0 Å². The van der Waals surface area contributed by atoms with Crippen LogP contribution in [0.1, 0.15) is 28.2 Å². The zero-order valence-corrected chi connectivity index (χ0v) is 16.6. The summed E-state index contributed by atoms with van der Waals surface area (Å²) in [4.78, 5) is 33.3. The number of nitrogens with zero attached hydrogens (tertiary/aromatic N) is 5. The normalized spacial score (nSPS) is 19.8. The van der Waals surface area contributed by atoms with Crippen LogP contribution in [0.4, 0.5) is 0 Å². The number of fused-ring (bicyclic) bond motifs is 1. The van der Waals surface area contributed by atoms with Crippen molar-refractivity contribution in [2.45, 2.75) is 32.0 Å². The van der Waals surface area contributed by atoms with E-state index < -0.39 is 0 Å². The lowest BCUT2D eigenvalue weighted by molar-refractivity contribution is -0.143. The number of imidazole rings is 1. The Hall–Kier alpha value is -2.72. The number of aromatic nitrogens is 4. The first-order valence-corrected chi connectivity index (χ1v) is 10.0. The summed E-state index contributed by atoms with van der Waals surface area (Å²) >= 11 is 0. The van der Waals surface area contributed by atoms with Crippen LogP contribution in [0, 0.1) is 0 Å². The minimum atomic E-state index is -0.244. The van der Waals surface area contributed by atoms with Crippen molar-refractivity contribution in [3.05, 3.63) is 35.7 Å². The molecule has 0 bridgehead atoms. The number of aromatic amines is 1. The maximum absolute atomic E-state index is 12.9. The van der Waals surface area contributed by atoms with Crippen molar-refractivity contribution in [3.8, 4) is 0 Å². The molecule has 1 fully saturated rings. The summed E-state index contributed by atoms with van der Waals surface area (Å²) in [6, 6.07) is -0.244. The van der Waals surface area contributed by atoms with Crippen LogP contribution in [0.3, 0.4) is 0 Å². The third kappa shape index (κ3) is 4.33. The number of aryl methyl sites for hydroxylation is 1. The van der Waals surface area contributed by atoms with Crippen LogP contribution in [0.2, 0.25) is 0 Å². The van der Waals surface area contributed by atoms with Gasteiger partial charge in [0.1, 0.15) is 6.04 Å². The lowest BCUT2D eigenvalue weighted by Gasteiger charge is -2.36. The van der Waals surface area contributed by atoms with Gasteiger partial charge in [0, 0.05) is 44.1 Å². The molecule has 0 radical (unpaired) electrons. The number of H-pyrrole nitrogens is 1. The first kappa shape index (κ1) is 19.6. The Kier molecular flexibility index (Phi) is 5.91. The van der Waals surface area contributed by atoms with Gasteiger partial charge in [0.15, 0.2) is 5.69 Å². The number of nitrogens with one attached hydrogen (secondary N) is 2. The summed E-state index contributed by atoms with van der Waals surface area (Å²) in [5.41, 5.74) is 2.19. The van der Waals surface area contributed by atoms with Crippen LogP contribution in [0.15, 0.2) is 18.7 Å². The smallest absolute Gasteiger partial charge is 0.272 e. The van der Waals surface area contributed by atoms with Crippen LogP contribution < -0.4 is 5.32 Å². The van der Waals surface area contributed by atoms with Crippen LogP contribution in [0.5, 0.6) is 0 Å². The van der Waals surface area contributed by atoms with Crippen molar-refractivity contribution < 1.29 is 14.3 Å². The molecule has 2 aliphatic rings.